The van der Waals surface area contributed by atoms with Gasteiger partial charge in [-0.1, -0.05) is 11.6 Å². The van der Waals surface area contributed by atoms with Gasteiger partial charge in [0, 0.05) is 25.4 Å². The van der Waals surface area contributed by atoms with Crippen molar-refractivity contribution < 1.29 is 17.5 Å². The smallest absolute Gasteiger partial charge is 0.246 e. The molecule has 19 heavy (non-hydrogen) atoms. The van der Waals surface area contributed by atoms with Crippen LogP contribution in [0.4, 0.5) is 10.1 Å². The number of nitrogens with zero attached hydrogens (tertiary/aromatic N) is 1. The first-order valence-electron chi connectivity index (χ1n) is 5.75. The molecular weight excluding hydrogens is 295 g/mol. The van der Waals surface area contributed by atoms with Crippen molar-refractivity contribution in [2.45, 2.75) is 11.3 Å². The minimum atomic E-state index is -3.95. The standard InChI is InChI=1S/C11H14ClFN2O3S/c12-9-6-8(14)7-10(11(9)13)19(16,17)15-2-1-4-18-5-3-15/h6-7H,1-5,14H2. The number of anilines is 1. The molecule has 0 atom stereocenters. The van der Waals surface area contributed by atoms with Gasteiger partial charge in [-0.2, -0.15) is 4.31 Å². The van der Waals surface area contributed by atoms with E-state index in [2.05, 4.69) is 0 Å². The Morgan fingerprint density at radius 2 is 2.05 bits per heavy atom. The summed E-state index contributed by atoms with van der Waals surface area (Å²) in [6.07, 6.45) is 0.566. The summed E-state index contributed by atoms with van der Waals surface area (Å²) < 4.78 is 45.0. The summed E-state index contributed by atoms with van der Waals surface area (Å²) in [5, 5.41) is -0.301. The Morgan fingerprint density at radius 3 is 2.79 bits per heavy atom. The average molecular weight is 309 g/mol. The van der Waals surface area contributed by atoms with Crippen LogP contribution < -0.4 is 5.73 Å². The average Bonchev–Trinajstić information content (AvgIpc) is 2.62. The molecule has 0 bridgehead atoms. The van der Waals surface area contributed by atoms with E-state index >= 15 is 0 Å². The van der Waals surface area contributed by atoms with Gasteiger partial charge in [0.2, 0.25) is 10.0 Å². The number of benzene rings is 1. The molecule has 5 nitrogen and oxygen atoms in total. The van der Waals surface area contributed by atoms with Crippen LogP contribution in [0.15, 0.2) is 17.0 Å². The Bertz CT molecular complexity index is 572. The fraction of sp³-hybridized carbons (Fsp3) is 0.455. The van der Waals surface area contributed by atoms with Crippen molar-refractivity contribution in [1.29, 1.82) is 0 Å². The molecule has 1 aromatic rings. The van der Waals surface area contributed by atoms with Crippen LogP contribution in [-0.2, 0) is 14.8 Å². The van der Waals surface area contributed by atoms with E-state index in [0.717, 1.165) is 6.07 Å². The summed E-state index contributed by atoms with van der Waals surface area (Å²) in [7, 11) is -3.95. The first kappa shape index (κ1) is 14.5. The van der Waals surface area contributed by atoms with Gasteiger partial charge in [0.05, 0.1) is 11.6 Å². The highest BCUT2D eigenvalue weighted by molar-refractivity contribution is 7.89. The molecule has 1 saturated heterocycles. The maximum absolute atomic E-state index is 13.9. The predicted octanol–water partition coefficient (Wildman–Crippen LogP) is 1.47. The molecule has 0 radical (unpaired) electrons. The lowest BCUT2D eigenvalue weighted by molar-refractivity contribution is 0.148. The number of nitrogen functional groups attached to an aromatic ring is 1. The number of sulfonamides is 1. The first-order valence-corrected chi connectivity index (χ1v) is 7.57. The van der Waals surface area contributed by atoms with E-state index in [0.29, 0.717) is 13.0 Å². The zero-order valence-corrected chi connectivity index (χ0v) is 11.7. The lowest BCUT2D eigenvalue weighted by Gasteiger charge is -2.20. The van der Waals surface area contributed by atoms with E-state index in [1.807, 2.05) is 0 Å². The van der Waals surface area contributed by atoms with Crippen molar-refractivity contribution in [2.24, 2.45) is 0 Å². The summed E-state index contributed by atoms with van der Waals surface area (Å²) in [4.78, 5) is -0.487. The van der Waals surface area contributed by atoms with E-state index in [-0.39, 0.29) is 30.4 Å². The lowest BCUT2D eigenvalue weighted by Crippen LogP contribution is -2.33. The van der Waals surface area contributed by atoms with E-state index < -0.39 is 20.7 Å². The maximum atomic E-state index is 13.9. The van der Waals surface area contributed by atoms with Crippen LogP contribution in [-0.4, -0.2) is 39.0 Å². The minimum Gasteiger partial charge on any atom is -0.399 e. The number of nitrogens with two attached hydrogens (primary N) is 1. The van der Waals surface area contributed by atoms with Crippen molar-refractivity contribution in [1.82, 2.24) is 4.31 Å². The third-order valence-electron chi connectivity index (χ3n) is 2.82. The van der Waals surface area contributed by atoms with Crippen LogP contribution in [0.5, 0.6) is 0 Å². The van der Waals surface area contributed by atoms with Crippen LogP contribution in [0.2, 0.25) is 5.02 Å². The summed E-state index contributed by atoms with van der Waals surface area (Å²) in [5.41, 5.74) is 5.63. The van der Waals surface area contributed by atoms with E-state index in [9.17, 15) is 12.8 Å². The normalized spacial score (nSPS) is 18.2. The van der Waals surface area contributed by atoms with Gasteiger partial charge in [0.15, 0.2) is 5.82 Å². The van der Waals surface area contributed by atoms with Gasteiger partial charge >= 0.3 is 0 Å². The molecule has 1 fully saturated rings. The van der Waals surface area contributed by atoms with Crippen molar-refractivity contribution in [3.8, 4) is 0 Å². The first-order chi connectivity index (χ1) is 8.93. The molecule has 1 aromatic carbocycles. The number of rotatable bonds is 2. The third kappa shape index (κ3) is 3.00. The molecule has 1 aliphatic rings. The van der Waals surface area contributed by atoms with Crippen molar-refractivity contribution in [3.63, 3.8) is 0 Å². The van der Waals surface area contributed by atoms with Crippen molar-refractivity contribution in [3.05, 3.63) is 23.0 Å². The van der Waals surface area contributed by atoms with Gasteiger partial charge in [-0.3, -0.25) is 0 Å². The van der Waals surface area contributed by atoms with Crippen molar-refractivity contribution in [2.75, 3.05) is 32.0 Å². The fourth-order valence-electron chi connectivity index (χ4n) is 1.87. The second-order valence-corrected chi connectivity index (χ2v) is 6.50. The molecule has 0 aromatic heterocycles. The van der Waals surface area contributed by atoms with Gasteiger partial charge in [-0.25, -0.2) is 12.8 Å². The van der Waals surface area contributed by atoms with Gasteiger partial charge in [-0.05, 0) is 18.6 Å². The Hall–Kier alpha value is -0.890. The van der Waals surface area contributed by atoms with Crippen LogP contribution in [0.1, 0.15) is 6.42 Å². The number of hydrogen-bond acceptors (Lipinski definition) is 4. The summed E-state index contributed by atoms with van der Waals surface area (Å²) >= 11 is 5.63. The van der Waals surface area contributed by atoms with Crippen LogP contribution in [0, 0.1) is 5.82 Å². The third-order valence-corrected chi connectivity index (χ3v) is 4.99. The van der Waals surface area contributed by atoms with Gasteiger partial charge in [0.1, 0.15) is 4.90 Å². The zero-order chi connectivity index (χ0) is 14.0. The molecule has 0 saturated carbocycles. The number of hydrogen-bond donors (Lipinski definition) is 1. The number of ether oxygens (including phenoxy) is 1. The maximum Gasteiger partial charge on any atom is 0.246 e. The predicted molar refractivity (Wildman–Crippen MR) is 70.0 cm³/mol. The van der Waals surface area contributed by atoms with E-state index in [1.54, 1.807) is 0 Å². The minimum absolute atomic E-state index is 0.107. The fourth-order valence-corrected chi connectivity index (χ4v) is 3.74. The molecule has 2 rings (SSSR count). The Balaban J connectivity index is 2.44. The molecular formula is C11H14ClFN2O3S. The summed E-state index contributed by atoms with van der Waals surface area (Å²) in [6, 6.07) is 2.27. The SMILES string of the molecule is Nc1cc(Cl)c(F)c(S(=O)(=O)N2CCCOCC2)c1. The highest BCUT2D eigenvalue weighted by Gasteiger charge is 2.29. The highest BCUT2D eigenvalue weighted by atomic mass is 35.5. The summed E-state index contributed by atoms with van der Waals surface area (Å²) in [5.74, 6) is -0.971. The van der Waals surface area contributed by atoms with Crippen LogP contribution in [0.25, 0.3) is 0 Å². The largest absolute Gasteiger partial charge is 0.399 e. The molecule has 0 spiro atoms. The van der Waals surface area contributed by atoms with E-state index in [4.69, 9.17) is 22.1 Å². The molecule has 1 aliphatic heterocycles. The van der Waals surface area contributed by atoms with E-state index in [1.165, 1.54) is 10.4 Å². The molecule has 0 unspecified atom stereocenters. The molecule has 0 aliphatic carbocycles. The van der Waals surface area contributed by atoms with Crippen molar-refractivity contribution >= 4 is 27.3 Å². The topological polar surface area (TPSA) is 72.6 Å². The molecule has 8 heteroatoms. The Labute approximate surface area is 116 Å². The summed E-state index contributed by atoms with van der Waals surface area (Å²) in [6.45, 7) is 1.26. The molecule has 0 amide bonds. The number of halogens is 2. The zero-order valence-electron chi connectivity index (χ0n) is 10.1. The molecule has 1 heterocycles. The second-order valence-electron chi connectivity index (χ2n) is 4.18. The van der Waals surface area contributed by atoms with Crippen LogP contribution in [0.3, 0.4) is 0 Å². The Kier molecular flexibility index (Phi) is 4.29. The monoisotopic (exact) mass is 308 g/mol. The van der Waals surface area contributed by atoms with Gasteiger partial charge < -0.3 is 10.5 Å². The molecule has 106 valence electrons. The molecule has 2 N–H and O–H groups in total. The lowest BCUT2D eigenvalue weighted by atomic mass is 10.3. The van der Waals surface area contributed by atoms with Gasteiger partial charge in [-0.15, -0.1) is 0 Å². The Morgan fingerprint density at radius 1 is 1.32 bits per heavy atom. The second kappa shape index (κ2) is 5.62. The van der Waals surface area contributed by atoms with Crippen LogP contribution >= 0.6 is 11.6 Å². The van der Waals surface area contributed by atoms with Gasteiger partial charge in [0.25, 0.3) is 0 Å². The highest BCUT2D eigenvalue weighted by Crippen LogP contribution is 2.28. The quantitative estimate of drug-likeness (QED) is 0.840.